The van der Waals surface area contributed by atoms with Gasteiger partial charge in [0.15, 0.2) is 0 Å². The third-order valence-electron chi connectivity index (χ3n) is 3.22. The van der Waals surface area contributed by atoms with Crippen LogP contribution in [0.4, 0.5) is 4.39 Å². The SMILES string of the molecule is Cc1cc(F)ccc1C1(N)CCCC1. The maximum atomic E-state index is 12.9. The number of nitrogens with two attached hydrogens (primary N) is 1. The van der Waals surface area contributed by atoms with Gasteiger partial charge in [0.25, 0.3) is 0 Å². The summed E-state index contributed by atoms with van der Waals surface area (Å²) in [4.78, 5) is 0. The molecule has 1 nitrogen and oxygen atoms in total. The zero-order valence-corrected chi connectivity index (χ0v) is 8.52. The Bertz CT molecular complexity index is 340. The van der Waals surface area contributed by atoms with E-state index in [-0.39, 0.29) is 11.4 Å². The van der Waals surface area contributed by atoms with Gasteiger partial charge in [0.05, 0.1) is 0 Å². The molecule has 76 valence electrons. The van der Waals surface area contributed by atoms with Gasteiger partial charge in [-0.1, -0.05) is 18.9 Å². The summed E-state index contributed by atoms with van der Waals surface area (Å²) >= 11 is 0. The van der Waals surface area contributed by atoms with Crippen molar-refractivity contribution in [3.8, 4) is 0 Å². The molecule has 0 atom stereocenters. The topological polar surface area (TPSA) is 26.0 Å². The Morgan fingerprint density at radius 2 is 1.93 bits per heavy atom. The predicted octanol–water partition coefficient (Wildman–Crippen LogP) is 2.86. The maximum absolute atomic E-state index is 12.9. The van der Waals surface area contributed by atoms with E-state index >= 15 is 0 Å². The molecule has 1 aliphatic rings. The summed E-state index contributed by atoms with van der Waals surface area (Å²) in [5.41, 5.74) is 8.21. The molecule has 0 bridgehead atoms. The molecule has 0 aliphatic heterocycles. The van der Waals surface area contributed by atoms with E-state index in [1.54, 1.807) is 6.07 Å². The van der Waals surface area contributed by atoms with Crippen LogP contribution in [0.1, 0.15) is 36.8 Å². The van der Waals surface area contributed by atoms with Crippen LogP contribution >= 0.6 is 0 Å². The predicted molar refractivity (Wildman–Crippen MR) is 55.5 cm³/mol. The van der Waals surface area contributed by atoms with Crippen LogP contribution in [-0.4, -0.2) is 0 Å². The van der Waals surface area contributed by atoms with E-state index in [9.17, 15) is 4.39 Å². The van der Waals surface area contributed by atoms with E-state index in [4.69, 9.17) is 5.73 Å². The van der Waals surface area contributed by atoms with Crippen LogP contribution < -0.4 is 5.73 Å². The van der Waals surface area contributed by atoms with E-state index in [1.807, 2.05) is 13.0 Å². The third kappa shape index (κ3) is 1.55. The number of rotatable bonds is 1. The molecular formula is C12H16FN. The normalized spacial score (nSPS) is 19.9. The lowest BCUT2D eigenvalue weighted by Gasteiger charge is -2.26. The molecule has 14 heavy (non-hydrogen) atoms. The Morgan fingerprint density at radius 1 is 1.29 bits per heavy atom. The molecule has 1 saturated carbocycles. The lowest BCUT2D eigenvalue weighted by atomic mass is 9.86. The highest BCUT2D eigenvalue weighted by atomic mass is 19.1. The van der Waals surface area contributed by atoms with E-state index in [0.29, 0.717) is 0 Å². The van der Waals surface area contributed by atoms with Crippen LogP contribution in [0, 0.1) is 12.7 Å². The molecule has 2 heteroatoms. The highest BCUT2D eigenvalue weighted by Gasteiger charge is 2.32. The first-order valence-electron chi connectivity index (χ1n) is 5.17. The van der Waals surface area contributed by atoms with Crippen molar-refractivity contribution in [1.82, 2.24) is 0 Å². The van der Waals surface area contributed by atoms with Gasteiger partial charge in [0.1, 0.15) is 5.82 Å². The summed E-state index contributed by atoms with van der Waals surface area (Å²) in [5.74, 6) is -0.173. The molecule has 0 unspecified atom stereocenters. The molecule has 1 aromatic rings. The molecule has 0 amide bonds. The fraction of sp³-hybridized carbons (Fsp3) is 0.500. The van der Waals surface area contributed by atoms with Crippen molar-refractivity contribution in [3.05, 3.63) is 35.1 Å². The average molecular weight is 193 g/mol. The van der Waals surface area contributed by atoms with Crippen molar-refractivity contribution in [2.75, 3.05) is 0 Å². The number of benzene rings is 1. The van der Waals surface area contributed by atoms with Crippen LogP contribution in [-0.2, 0) is 5.54 Å². The van der Waals surface area contributed by atoms with Crippen molar-refractivity contribution < 1.29 is 4.39 Å². The summed E-state index contributed by atoms with van der Waals surface area (Å²) in [7, 11) is 0. The average Bonchev–Trinajstić information content (AvgIpc) is 2.52. The van der Waals surface area contributed by atoms with Crippen LogP contribution in [0.3, 0.4) is 0 Å². The van der Waals surface area contributed by atoms with Crippen molar-refractivity contribution in [2.45, 2.75) is 38.1 Å². The van der Waals surface area contributed by atoms with Gasteiger partial charge < -0.3 is 5.73 Å². The highest BCUT2D eigenvalue weighted by molar-refractivity contribution is 5.33. The number of hydrogen-bond acceptors (Lipinski definition) is 1. The molecule has 0 radical (unpaired) electrons. The quantitative estimate of drug-likeness (QED) is 0.729. The molecule has 2 rings (SSSR count). The maximum Gasteiger partial charge on any atom is 0.123 e. The van der Waals surface area contributed by atoms with Gasteiger partial charge in [-0.3, -0.25) is 0 Å². The molecule has 1 aliphatic carbocycles. The van der Waals surface area contributed by atoms with E-state index < -0.39 is 0 Å². The minimum absolute atomic E-state index is 0.173. The molecule has 0 saturated heterocycles. The first kappa shape index (κ1) is 9.66. The van der Waals surface area contributed by atoms with Crippen LogP contribution in [0.15, 0.2) is 18.2 Å². The second kappa shape index (κ2) is 3.35. The second-order valence-corrected chi connectivity index (χ2v) is 4.32. The molecule has 0 heterocycles. The lowest BCUT2D eigenvalue weighted by Crippen LogP contribution is -2.33. The monoisotopic (exact) mass is 193 g/mol. The van der Waals surface area contributed by atoms with Crippen molar-refractivity contribution >= 4 is 0 Å². The first-order valence-corrected chi connectivity index (χ1v) is 5.17. The Balaban J connectivity index is 2.40. The smallest absolute Gasteiger partial charge is 0.123 e. The number of halogens is 1. The standard InChI is InChI=1S/C12H16FN/c1-9-8-10(13)4-5-11(9)12(14)6-2-3-7-12/h4-5,8H,2-3,6-7,14H2,1H3. The van der Waals surface area contributed by atoms with E-state index in [2.05, 4.69) is 0 Å². The summed E-state index contributed by atoms with van der Waals surface area (Å²) in [5, 5.41) is 0. The van der Waals surface area contributed by atoms with E-state index in [1.165, 1.54) is 18.9 Å². The Hall–Kier alpha value is -0.890. The Kier molecular flexibility index (Phi) is 2.31. The van der Waals surface area contributed by atoms with Crippen LogP contribution in [0.25, 0.3) is 0 Å². The lowest BCUT2D eigenvalue weighted by molar-refractivity contribution is 0.458. The fourth-order valence-electron chi connectivity index (χ4n) is 2.46. The zero-order valence-electron chi connectivity index (χ0n) is 8.52. The van der Waals surface area contributed by atoms with Crippen LogP contribution in [0.5, 0.6) is 0 Å². The fourth-order valence-corrected chi connectivity index (χ4v) is 2.46. The summed E-state index contributed by atoms with van der Waals surface area (Å²) < 4.78 is 12.9. The Morgan fingerprint density at radius 3 is 2.50 bits per heavy atom. The molecule has 1 aromatic carbocycles. The Labute approximate surface area is 84.1 Å². The minimum atomic E-state index is -0.197. The highest BCUT2D eigenvalue weighted by Crippen LogP contribution is 2.37. The summed E-state index contributed by atoms with van der Waals surface area (Å²) in [6.45, 7) is 1.94. The van der Waals surface area contributed by atoms with Crippen LogP contribution in [0.2, 0.25) is 0 Å². The molecular weight excluding hydrogens is 177 g/mol. The number of hydrogen-bond donors (Lipinski definition) is 1. The number of aryl methyl sites for hydroxylation is 1. The summed E-state index contributed by atoms with van der Waals surface area (Å²) in [6.07, 6.45) is 4.43. The van der Waals surface area contributed by atoms with Crippen molar-refractivity contribution in [3.63, 3.8) is 0 Å². The third-order valence-corrected chi connectivity index (χ3v) is 3.22. The van der Waals surface area contributed by atoms with Gasteiger partial charge in [0.2, 0.25) is 0 Å². The summed E-state index contributed by atoms with van der Waals surface area (Å²) in [6, 6.07) is 4.92. The van der Waals surface area contributed by atoms with Gasteiger partial charge >= 0.3 is 0 Å². The van der Waals surface area contributed by atoms with Gasteiger partial charge in [-0.25, -0.2) is 4.39 Å². The van der Waals surface area contributed by atoms with Gasteiger partial charge in [-0.2, -0.15) is 0 Å². The van der Waals surface area contributed by atoms with Gasteiger partial charge in [0, 0.05) is 5.54 Å². The molecule has 0 aromatic heterocycles. The second-order valence-electron chi connectivity index (χ2n) is 4.32. The zero-order chi connectivity index (χ0) is 10.2. The largest absolute Gasteiger partial charge is 0.321 e. The first-order chi connectivity index (χ1) is 6.62. The minimum Gasteiger partial charge on any atom is -0.321 e. The van der Waals surface area contributed by atoms with Gasteiger partial charge in [-0.05, 0) is 43.0 Å². The van der Waals surface area contributed by atoms with E-state index in [0.717, 1.165) is 24.0 Å². The van der Waals surface area contributed by atoms with Gasteiger partial charge in [-0.15, -0.1) is 0 Å². The molecule has 0 spiro atoms. The molecule has 2 N–H and O–H groups in total. The van der Waals surface area contributed by atoms with Crippen molar-refractivity contribution in [2.24, 2.45) is 5.73 Å². The van der Waals surface area contributed by atoms with Crippen molar-refractivity contribution in [1.29, 1.82) is 0 Å². The molecule has 1 fully saturated rings.